The third-order valence-electron chi connectivity index (χ3n) is 11.1. The topological polar surface area (TPSA) is 127 Å². The van der Waals surface area contributed by atoms with Gasteiger partial charge in [0.25, 0.3) is 0 Å². The van der Waals surface area contributed by atoms with Crippen molar-refractivity contribution in [1.29, 1.82) is 0 Å². The SMILES string of the molecule is CC(CCC(=O)NC(CO)C(=O)O)C1CCC2C3CC(O)C4CC(O)CCC4(C)C3CCC12C. The van der Waals surface area contributed by atoms with Crippen LogP contribution in [0.2, 0.25) is 0 Å². The molecule has 34 heavy (non-hydrogen) atoms. The Bertz CT molecular complexity index is 774. The minimum Gasteiger partial charge on any atom is -0.480 e. The zero-order chi connectivity index (χ0) is 24.8. The number of nitrogens with one attached hydrogen (secondary N) is 1. The number of carboxylic acid groups (broad SMARTS) is 1. The van der Waals surface area contributed by atoms with Crippen LogP contribution < -0.4 is 5.32 Å². The molecular weight excluding hydrogens is 434 g/mol. The number of aliphatic hydroxyl groups is 3. The highest BCUT2D eigenvalue weighted by molar-refractivity contribution is 5.83. The van der Waals surface area contributed by atoms with Gasteiger partial charge in [0.05, 0.1) is 18.8 Å². The minimum absolute atomic E-state index is 0.123. The number of hydrogen-bond acceptors (Lipinski definition) is 5. The van der Waals surface area contributed by atoms with Gasteiger partial charge in [-0.3, -0.25) is 4.79 Å². The number of fused-ring (bicyclic) bond motifs is 5. The largest absolute Gasteiger partial charge is 0.480 e. The van der Waals surface area contributed by atoms with E-state index in [1.807, 2.05) is 0 Å². The molecule has 0 aliphatic heterocycles. The molecule has 4 fully saturated rings. The van der Waals surface area contributed by atoms with E-state index in [1.165, 1.54) is 19.3 Å². The maximum absolute atomic E-state index is 12.3. The third-order valence-corrected chi connectivity index (χ3v) is 11.1. The molecule has 0 heterocycles. The summed E-state index contributed by atoms with van der Waals surface area (Å²) in [6, 6.07) is -1.24. The molecule has 4 aliphatic rings. The summed E-state index contributed by atoms with van der Waals surface area (Å²) in [5.74, 6) is 1.31. The smallest absolute Gasteiger partial charge is 0.328 e. The van der Waals surface area contributed by atoms with Gasteiger partial charge < -0.3 is 25.7 Å². The molecule has 0 aromatic heterocycles. The van der Waals surface area contributed by atoms with Crippen LogP contribution in [0.3, 0.4) is 0 Å². The lowest BCUT2D eigenvalue weighted by Crippen LogP contribution is -2.58. The molecule has 0 radical (unpaired) electrons. The Kier molecular flexibility index (Phi) is 7.39. The van der Waals surface area contributed by atoms with Crippen LogP contribution in [0.5, 0.6) is 0 Å². The summed E-state index contributed by atoms with van der Waals surface area (Å²) in [6.07, 6.45) is 8.57. The van der Waals surface area contributed by atoms with E-state index in [0.29, 0.717) is 36.0 Å². The molecule has 11 atom stereocenters. The van der Waals surface area contributed by atoms with Crippen LogP contribution in [0.1, 0.15) is 85.0 Å². The first kappa shape index (κ1) is 25.9. The van der Waals surface area contributed by atoms with E-state index in [-0.39, 0.29) is 41.3 Å². The van der Waals surface area contributed by atoms with Gasteiger partial charge in [-0.15, -0.1) is 0 Å². The van der Waals surface area contributed by atoms with Crippen LogP contribution >= 0.6 is 0 Å². The predicted octanol–water partition coefficient (Wildman–Crippen LogP) is 2.96. The van der Waals surface area contributed by atoms with Crippen molar-refractivity contribution >= 4 is 11.9 Å². The number of aliphatic hydroxyl groups excluding tert-OH is 3. The molecule has 1 amide bonds. The third kappa shape index (κ3) is 4.41. The average Bonchev–Trinajstić information content (AvgIpc) is 3.14. The van der Waals surface area contributed by atoms with Gasteiger partial charge in [0.15, 0.2) is 0 Å². The number of rotatable bonds is 7. The first-order valence-electron chi connectivity index (χ1n) is 13.5. The standard InChI is InChI=1S/C27H45NO6/c1-15(4-7-24(32)28-22(14-29)25(33)34)18-5-6-19-17-13-23(31)21-12-16(30)8-10-27(21,3)20(17)9-11-26(18,19)2/h15-23,29-31H,4-14H2,1-3H3,(H,28,32)(H,33,34). The lowest BCUT2D eigenvalue weighted by Gasteiger charge is -2.62. The fourth-order valence-corrected chi connectivity index (χ4v) is 9.27. The second kappa shape index (κ2) is 9.70. The summed E-state index contributed by atoms with van der Waals surface area (Å²) in [5.41, 5.74) is 0.334. The molecule has 7 heteroatoms. The summed E-state index contributed by atoms with van der Waals surface area (Å²) in [4.78, 5) is 23.4. The van der Waals surface area contributed by atoms with Crippen LogP contribution in [0.4, 0.5) is 0 Å². The van der Waals surface area contributed by atoms with Gasteiger partial charge >= 0.3 is 5.97 Å². The average molecular weight is 480 g/mol. The summed E-state index contributed by atoms with van der Waals surface area (Å²) in [6.45, 7) is 6.45. The summed E-state index contributed by atoms with van der Waals surface area (Å²) < 4.78 is 0. The molecule has 0 saturated heterocycles. The van der Waals surface area contributed by atoms with E-state index in [1.54, 1.807) is 0 Å². The number of hydrogen-bond donors (Lipinski definition) is 5. The normalized spacial score (nSPS) is 45.4. The van der Waals surface area contributed by atoms with Crippen molar-refractivity contribution < 1.29 is 30.0 Å². The summed E-state index contributed by atoms with van der Waals surface area (Å²) in [7, 11) is 0. The number of carboxylic acids is 1. The monoisotopic (exact) mass is 479 g/mol. The maximum Gasteiger partial charge on any atom is 0.328 e. The van der Waals surface area contributed by atoms with E-state index in [9.17, 15) is 19.8 Å². The zero-order valence-corrected chi connectivity index (χ0v) is 21.1. The van der Waals surface area contributed by atoms with Gasteiger partial charge in [-0.1, -0.05) is 20.8 Å². The van der Waals surface area contributed by atoms with Crippen LogP contribution in [-0.2, 0) is 9.59 Å². The Morgan fingerprint density at radius 3 is 2.32 bits per heavy atom. The number of amides is 1. The van der Waals surface area contributed by atoms with Crippen molar-refractivity contribution in [1.82, 2.24) is 5.32 Å². The van der Waals surface area contributed by atoms with Crippen LogP contribution in [0.15, 0.2) is 0 Å². The Morgan fingerprint density at radius 1 is 0.971 bits per heavy atom. The van der Waals surface area contributed by atoms with Crippen molar-refractivity contribution in [3.05, 3.63) is 0 Å². The molecule has 7 nitrogen and oxygen atoms in total. The van der Waals surface area contributed by atoms with E-state index >= 15 is 0 Å². The van der Waals surface area contributed by atoms with E-state index in [2.05, 4.69) is 26.1 Å². The van der Waals surface area contributed by atoms with Crippen LogP contribution in [0.25, 0.3) is 0 Å². The lowest BCUT2D eigenvalue weighted by atomic mass is 9.44. The van der Waals surface area contributed by atoms with Crippen LogP contribution in [-0.4, -0.2) is 57.2 Å². The van der Waals surface area contributed by atoms with Gasteiger partial charge in [-0.25, -0.2) is 4.79 Å². The molecule has 11 unspecified atom stereocenters. The molecular formula is C27H45NO6. The van der Waals surface area contributed by atoms with Crippen LogP contribution in [0, 0.1) is 46.3 Å². The maximum atomic E-state index is 12.3. The van der Waals surface area contributed by atoms with Gasteiger partial charge in [-0.2, -0.15) is 0 Å². The Labute approximate surface area is 203 Å². The second-order valence-corrected chi connectivity index (χ2v) is 12.6. The van der Waals surface area contributed by atoms with Crippen molar-refractivity contribution in [3.8, 4) is 0 Å². The molecule has 4 saturated carbocycles. The Morgan fingerprint density at radius 2 is 1.65 bits per heavy atom. The van der Waals surface area contributed by atoms with Crippen molar-refractivity contribution in [2.24, 2.45) is 46.3 Å². The molecule has 194 valence electrons. The van der Waals surface area contributed by atoms with E-state index in [4.69, 9.17) is 10.2 Å². The molecule has 0 aromatic rings. The first-order valence-corrected chi connectivity index (χ1v) is 13.5. The van der Waals surface area contributed by atoms with Gasteiger partial charge in [-0.05, 0) is 104 Å². The summed E-state index contributed by atoms with van der Waals surface area (Å²) >= 11 is 0. The van der Waals surface area contributed by atoms with Crippen molar-refractivity contribution in [3.63, 3.8) is 0 Å². The Balaban J connectivity index is 1.41. The molecule has 4 aliphatic carbocycles. The molecule has 4 rings (SSSR count). The van der Waals surface area contributed by atoms with Gasteiger partial charge in [0, 0.05) is 6.42 Å². The fraction of sp³-hybridized carbons (Fsp3) is 0.926. The highest BCUT2D eigenvalue weighted by atomic mass is 16.4. The Hall–Kier alpha value is -1.18. The second-order valence-electron chi connectivity index (χ2n) is 12.6. The quantitative estimate of drug-likeness (QED) is 0.382. The highest BCUT2D eigenvalue weighted by Gasteiger charge is 2.62. The number of aliphatic carboxylic acids is 1. The van der Waals surface area contributed by atoms with Crippen molar-refractivity contribution in [2.45, 2.75) is 103 Å². The minimum atomic E-state index is -1.24. The van der Waals surface area contributed by atoms with Gasteiger partial charge in [0.1, 0.15) is 6.04 Å². The lowest BCUT2D eigenvalue weighted by molar-refractivity contribution is -0.172. The van der Waals surface area contributed by atoms with E-state index in [0.717, 1.165) is 32.1 Å². The zero-order valence-electron chi connectivity index (χ0n) is 21.1. The van der Waals surface area contributed by atoms with E-state index < -0.39 is 18.6 Å². The molecule has 0 aromatic carbocycles. The fourth-order valence-electron chi connectivity index (χ4n) is 9.27. The number of carbonyl (C=O) groups is 2. The number of carbonyl (C=O) groups excluding carboxylic acids is 1. The highest BCUT2D eigenvalue weighted by Crippen LogP contribution is 2.68. The molecule has 0 bridgehead atoms. The van der Waals surface area contributed by atoms with Gasteiger partial charge in [0.2, 0.25) is 5.91 Å². The predicted molar refractivity (Wildman–Crippen MR) is 128 cm³/mol. The van der Waals surface area contributed by atoms with Crippen molar-refractivity contribution in [2.75, 3.05) is 6.61 Å². The molecule has 5 N–H and O–H groups in total. The summed E-state index contributed by atoms with van der Waals surface area (Å²) in [5, 5.41) is 42.0. The first-order chi connectivity index (χ1) is 16.0. The molecule has 0 spiro atoms.